The fourth-order valence-corrected chi connectivity index (χ4v) is 5.49. The fraction of sp³-hybridized carbons (Fsp3) is 0.400. The first kappa shape index (κ1) is 36.2. The Morgan fingerprint density at radius 2 is 0.919 bits per heavy atom. The minimum absolute atomic E-state index is 0. The number of hydrogen-bond donors (Lipinski definition) is 0. The second kappa shape index (κ2) is 14.5. The van der Waals surface area contributed by atoms with Crippen molar-refractivity contribution in [3.05, 3.63) is 71.8 Å². The molecule has 0 saturated heterocycles. The van der Waals surface area contributed by atoms with E-state index in [1.807, 2.05) is 0 Å². The summed E-state index contributed by atoms with van der Waals surface area (Å²) < 4.78 is 11.7. The van der Waals surface area contributed by atoms with Gasteiger partial charge in [-0.1, -0.05) is 64.8 Å². The third kappa shape index (κ3) is 9.69. The molecule has 0 amide bonds. The molecule has 0 spiro atoms. The quantitative estimate of drug-likeness (QED) is 0.250. The zero-order valence-electron chi connectivity index (χ0n) is 23.8. The first-order valence-electron chi connectivity index (χ1n) is 12.1. The van der Waals surface area contributed by atoms with Gasteiger partial charge in [-0.15, -0.1) is 70.1 Å². The van der Waals surface area contributed by atoms with Crippen molar-refractivity contribution < 1.29 is 59.9 Å². The van der Waals surface area contributed by atoms with Gasteiger partial charge < -0.3 is 33.7 Å². The van der Waals surface area contributed by atoms with E-state index in [4.69, 9.17) is 8.85 Å². The van der Waals surface area contributed by atoms with E-state index in [0.29, 0.717) is 0 Å². The largest absolute Gasteiger partial charge is 4.00 e. The predicted molar refractivity (Wildman–Crippen MR) is 153 cm³/mol. The topological polar surface area (TPSA) is 18.5 Å². The Kier molecular flexibility index (Phi) is 14.2. The second-order valence-corrected chi connectivity index (χ2v) is 15.6. The van der Waals surface area contributed by atoms with Crippen molar-refractivity contribution in [3.8, 4) is 11.5 Å². The van der Waals surface area contributed by atoms with Crippen LogP contribution in [0.25, 0.3) is 21.5 Å². The van der Waals surface area contributed by atoms with Crippen LogP contribution in [0.15, 0.2) is 60.7 Å². The summed E-state index contributed by atoms with van der Waals surface area (Å²) in [6, 6.07) is 21.7. The number of halogens is 2. The van der Waals surface area contributed by atoms with Crippen molar-refractivity contribution in [2.75, 3.05) is 0 Å². The van der Waals surface area contributed by atoms with Crippen molar-refractivity contribution in [1.82, 2.24) is 0 Å². The van der Waals surface area contributed by atoms with Gasteiger partial charge in [-0.25, -0.2) is 0 Å². The molecule has 7 heteroatoms. The molecule has 0 heterocycles. The molecule has 2 nitrogen and oxygen atoms in total. The summed E-state index contributed by atoms with van der Waals surface area (Å²) in [5, 5.41) is 5.24. The number of hydrogen-bond acceptors (Lipinski definition) is 2. The Labute approximate surface area is 259 Å². The average Bonchev–Trinajstić information content (AvgIpc) is 3.27. The summed E-state index contributed by atoms with van der Waals surface area (Å²) in [7, 11) is -1.36. The monoisotopic (exact) mass is 648 g/mol. The third-order valence-electron chi connectivity index (χ3n) is 5.71. The number of benzene rings is 2. The van der Waals surface area contributed by atoms with Crippen LogP contribution in [0.3, 0.4) is 0 Å². The van der Waals surface area contributed by atoms with Gasteiger partial charge >= 0.3 is 26.2 Å². The van der Waals surface area contributed by atoms with E-state index in [0.717, 1.165) is 11.5 Å². The summed E-state index contributed by atoms with van der Waals surface area (Å²) >= 11 is 0. The molecule has 2 radical (unpaired) electrons. The van der Waals surface area contributed by atoms with Gasteiger partial charge in [0.25, 0.3) is 18.1 Å². The maximum absolute atomic E-state index is 5.87. The van der Waals surface area contributed by atoms with Crippen LogP contribution in [0.4, 0.5) is 0 Å². The van der Waals surface area contributed by atoms with Crippen LogP contribution in [0, 0.1) is 0 Å². The molecule has 37 heavy (non-hydrogen) atoms. The molecule has 4 aromatic carbocycles. The molecule has 198 valence electrons. The minimum atomic E-state index is -0.682. The van der Waals surface area contributed by atoms with E-state index >= 15 is 0 Å². The fourth-order valence-electron chi connectivity index (χ4n) is 4.31. The second-order valence-electron chi connectivity index (χ2n) is 11.5. The molecule has 4 aromatic rings. The van der Waals surface area contributed by atoms with Gasteiger partial charge in [0.1, 0.15) is 0 Å². The van der Waals surface area contributed by atoms with Crippen molar-refractivity contribution >= 4 is 39.6 Å². The molecule has 4 rings (SSSR count). The van der Waals surface area contributed by atoms with Crippen LogP contribution in [0.5, 0.6) is 11.5 Å². The summed E-state index contributed by atoms with van der Waals surface area (Å²) in [4.78, 5) is 0. The van der Waals surface area contributed by atoms with Crippen LogP contribution in [-0.2, 0) is 37.0 Å². The SMILES string of the molecule is C[Si](C)Oc1cc2c(C(C)(C)C)cccc2[cH-]1.C[Si](C)Oc1cc2c(C(C)(C)C)cccc2[cH-]1.[Cl-].[Cl-].[Zr+4]. The molecule has 0 fully saturated rings. The van der Waals surface area contributed by atoms with E-state index in [9.17, 15) is 0 Å². The maximum atomic E-state index is 5.87. The Bertz CT molecular complexity index is 1150. The van der Waals surface area contributed by atoms with Gasteiger partial charge in [-0.05, 0) is 37.0 Å². The Morgan fingerprint density at radius 3 is 1.19 bits per heavy atom. The molecule has 0 N–H and O–H groups in total. The molecular weight excluding hydrogens is 611 g/mol. The normalized spacial score (nSPS) is 11.4. The minimum Gasteiger partial charge on any atom is -1.00 e. The Morgan fingerprint density at radius 1 is 0.595 bits per heavy atom. The first-order valence-corrected chi connectivity index (χ1v) is 16.9. The molecule has 0 aromatic heterocycles. The molecule has 0 atom stereocenters. The van der Waals surface area contributed by atoms with E-state index < -0.39 is 18.1 Å². The molecular formula is C30H40Cl2O2Si2Zr. The van der Waals surface area contributed by atoms with Gasteiger partial charge in [-0.2, -0.15) is 0 Å². The average molecular weight is 651 g/mol. The van der Waals surface area contributed by atoms with E-state index in [-0.39, 0.29) is 61.8 Å². The number of rotatable bonds is 4. The van der Waals surface area contributed by atoms with Gasteiger partial charge in [0.2, 0.25) is 0 Å². The van der Waals surface area contributed by atoms with Gasteiger partial charge in [0, 0.05) is 11.5 Å². The summed E-state index contributed by atoms with van der Waals surface area (Å²) in [6.07, 6.45) is 0. The summed E-state index contributed by atoms with van der Waals surface area (Å²) in [5.74, 6) is 2.05. The summed E-state index contributed by atoms with van der Waals surface area (Å²) in [6.45, 7) is 22.2. The van der Waals surface area contributed by atoms with E-state index in [1.165, 1.54) is 32.7 Å². The summed E-state index contributed by atoms with van der Waals surface area (Å²) in [5.41, 5.74) is 3.14. The molecule has 0 aliphatic carbocycles. The van der Waals surface area contributed by atoms with Gasteiger partial charge in [0.05, 0.1) is 0 Å². The Balaban J connectivity index is 0.000000648. The van der Waals surface area contributed by atoms with Crippen molar-refractivity contribution in [2.24, 2.45) is 0 Å². The number of fused-ring (bicyclic) bond motifs is 2. The third-order valence-corrected chi connectivity index (χ3v) is 7.00. The van der Waals surface area contributed by atoms with Crippen molar-refractivity contribution in [2.45, 2.75) is 78.6 Å². The smallest absolute Gasteiger partial charge is 1.00 e. The van der Waals surface area contributed by atoms with Crippen LogP contribution in [-0.4, -0.2) is 18.1 Å². The maximum Gasteiger partial charge on any atom is 4.00 e. The Hall–Kier alpha value is -0.843. The first-order chi connectivity index (χ1) is 15.8. The van der Waals surface area contributed by atoms with Crippen LogP contribution < -0.4 is 33.7 Å². The molecule has 0 saturated carbocycles. The van der Waals surface area contributed by atoms with Crippen molar-refractivity contribution in [1.29, 1.82) is 0 Å². The molecule has 0 aliphatic rings. The molecule has 0 bridgehead atoms. The van der Waals surface area contributed by atoms with Gasteiger partial charge in [-0.3, -0.25) is 0 Å². The standard InChI is InChI=1S/2C15H20OSi.2ClH.Zr/c2*1-15(2,3)14-8-6-7-11-9-12(10-13(11)14)16-17(4)5;;;/h2*6-10H,1-5H3;2*1H;/q2*-1;;;+4/p-2. The van der Waals surface area contributed by atoms with Crippen molar-refractivity contribution in [3.63, 3.8) is 0 Å². The zero-order chi connectivity index (χ0) is 25.3. The van der Waals surface area contributed by atoms with Gasteiger partial charge in [0.15, 0.2) is 0 Å². The predicted octanol–water partition coefficient (Wildman–Crippen LogP) is 2.98. The van der Waals surface area contributed by atoms with Crippen LogP contribution in [0.1, 0.15) is 52.7 Å². The van der Waals surface area contributed by atoms with Crippen LogP contribution in [0.2, 0.25) is 26.2 Å². The van der Waals surface area contributed by atoms with E-state index in [1.54, 1.807) is 0 Å². The molecule has 0 aliphatic heterocycles. The van der Waals surface area contributed by atoms with E-state index in [2.05, 4.69) is 128 Å². The molecule has 0 unspecified atom stereocenters. The van der Waals surface area contributed by atoms with Crippen LogP contribution >= 0.6 is 0 Å². The zero-order valence-corrected chi connectivity index (χ0v) is 29.8.